The Morgan fingerprint density at radius 3 is 2.53 bits per heavy atom. The summed E-state index contributed by atoms with van der Waals surface area (Å²) in [6.07, 6.45) is 2.34. The maximum Gasteiger partial charge on any atom is 0.0107 e. The molecule has 2 nitrogen and oxygen atoms in total. The number of hydrogen-bond donors (Lipinski definition) is 1. The lowest BCUT2D eigenvalue weighted by molar-refractivity contribution is 0.252. The Bertz CT molecular complexity index is 284. The van der Waals surface area contributed by atoms with Gasteiger partial charge >= 0.3 is 0 Å². The van der Waals surface area contributed by atoms with Crippen LogP contribution in [-0.2, 0) is 6.42 Å². The smallest absolute Gasteiger partial charge is 0.0107 e. The molecule has 0 aliphatic heterocycles. The zero-order valence-electron chi connectivity index (χ0n) is 11.4. The number of benzene rings is 1. The number of nitrogens with one attached hydrogen (secondary N) is 1. The first-order chi connectivity index (χ1) is 8.24. The van der Waals surface area contributed by atoms with Crippen LogP contribution in [0.15, 0.2) is 30.3 Å². The van der Waals surface area contributed by atoms with Crippen molar-refractivity contribution in [1.82, 2.24) is 10.2 Å². The van der Waals surface area contributed by atoms with Crippen molar-refractivity contribution in [3.05, 3.63) is 35.9 Å². The average Bonchev–Trinajstić information content (AvgIpc) is 2.38. The monoisotopic (exact) mass is 234 g/mol. The second kappa shape index (κ2) is 8.26. The van der Waals surface area contributed by atoms with Gasteiger partial charge in [0.05, 0.1) is 0 Å². The van der Waals surface area contributed by atoms with Crippen LogP contribution >= 0.6 is 0 Å². The Labute approximate surface area is 106 Å². The Kier molecular flexibility index (Phi) is 6.90. The molecule has 0 aromatic heterocycles. The predicted octanol–water partition coefficient (Wildman–Crippen LogP) is 2.55. The van der Waals surface area contributed by atoms with Crippen LogP contribution in [0.3, 0.4) is 0 Å². The molecule has 0 radical (unpaired) electrons. The van der Waals surface area contributed by atoms with Crippen molar-refractivity contribution in [2.24, 2.45) is 0 Å². The summed E-state index contributed by atoms with van der Waals surface area (Å²) >= 11 is 0. The SMILES string of the molecule is CCC(C)N(C)CCNCCc1ccccc1. The van der Waals surface area contributed by atoms with E-state index in [-0.39, 0.29) is 0 Å². The molecule has 1 aromatic carbocycles. The molecule has 0 bridgehead atoms. The van der Waals surface area contributed by atoms with Crippen molar-refractivity contribution in [2.45, 2.75) is 32.7 Å². The summed E-state index contributed by atoms with van der Waals surface area (Å²) in [6, 6.07) is 11.3. The van der Waals surface area contributed by atoms with Gasteiger partial charge in [0, 0.05) is 19.1 Å². The maximum absolute atomic E-state index is 3.50. The van der Waals surface area contributed by atoms with E-state index >= 15 is 0 Å². The van der Waals surface area contributed by atoms with E-state index in [9.17, 15) is 0 Å². The van der Waals surface area contributed by atoms with Gasteiger partial charge in [-0.05, 0) is 38.9 Å². The third-order valence-corrected chi connectivity index (χ3v) is 3.42. The largest absolute Gasteiger partial charge is 0.315 e. The van der Waals surface area contributed by atoms with E-state index in [1.807, 2.05) is 0 Å². The summed E-state index contributed by atoms with van der Waals surface area (Å²) in [5.74, 6) is 0. The third kappa shape index (κ3) is 5.85. The predicted molar refractivity (Wildman–Crippen MR) is 75.4 cm³/mol. The van der Waals surface area contributed by atoms with Gasteiger partial charge < -0.3 is 10.2 Å². The molecule has 0 aliphatic rings. The number of rotatable bonds is 8. The van der Waals surface area contributed by atoms with E-state index in [1.165, 1.54) is 12.0 Å². The van der Waals surface area contributed by atoms with Gasteiger partial charge in [0.2, 0.25) is 0 Å². The lowest BCUT2D eigenvalue weighted by Gasteiger charge is -2.23. The van der Waals surface area contributed by atoms with Crippen LogP contribution in [0.2, 0.25) is 0 Å². The fourth-order valence-corrected chi connectivity index (χ4v) is 1.79. The molecule has 1 N–H and O–H groups in total. The zero-order valence-corrected chi connectivity index (χ0v) is 11.4. The highest BCUT2D eigenvalue weighted by atomic mass is 15.1. The van der Waals surface area contributed by atoms with E-state index < -0.39 is 0 Å². The van der Waals surface area contributed by atoms with Crippen LogP contribution in [0, 0.1) is 0 Å². The van der Waals surface area contributed by atoms with Crippen molar-refractivity contribution >= 4 is 0 Å². The normalized spacial score (nSPS) is 12.9. The maximum atomic E-state index is 3.50. The van der Waals surface area contributed by atoms with Crippen LogP contribution in [-0.4, -0.2) is 37.6 Å². The minimum absolute atomic E-state index is 0.686. The van der Waals surface area contributed by atoms with Crippen LogP contribution in [0.25, 0.3) is 0 Å². The highest BCUT2D eigenvalue weighted by molar-refractivity contribution is 5.14. The van der Waals surface area contributed by atoms with Crippen molar-refractivity contribution in [3.63, 3.8) is 0 Å². The molecule has 1 aromatic rings. The Hall–Kier alpha value is -0.860. The molecule has 1 atom stereocenters. The van der Waals surface area contributed by atoms with Gasteiger partial charge in [-0.3, -0.25) is 0 Å². The molecule has 0 saturated carbocycles. The molecule has 96 valence electrons. The second-order valence-electron chi connectivity index (χ2n) is 4.72. The lowest BCUT2D eigenvalue weighted by Crippen LogP contribution is -2.35. The molecular formula is C15H26N2. The van der Waals surface area contributed by atoms with E-state index in [4.69, 9.17) is 0 Å². The zero-order chi connectivity index (χ0) is 12.5. The first kappa shape index (κ1) is 14.2. The molecule has 0 aliphatic carbocycles. The molecule has 17 heavy (non-hydrogen) atoms. The number of nitrogens with zero attached hydrogens (tertiary/aromatic N) is 1. The lowest BCUT2D eigenvalue weighted by atomic mass is 10.1. The summed E-state index contributed by atoms with van der Waals surface area (Å²) in [5.41, 5.74) is 1.41. The highest BCUT2D eigenvalue weighted by Crippen LogP contribution is 1.99. The molecule has 0 fully saturated rings. The average molecular weight is 234 g/mol. The second-order valence-corrected chi connectivity index (χ2v) is 4.72. The minimum atomic E-state index is 0.686. The van der Waals surface area contributed by atoms with Gasteiger partial charge in [-0.25, -0.2) is 0 Å². The molecule has 1 rings (SSSR count). The van der Waals surface area contributed by atoms with Gasteiger partial charge in [-0.1, -0.05) is 37.3 Å². The number of likely N-dealkylation sites (N-methyl/N-ethyl adjacent to an activating group) is 1. The fraction of sp³-hybridized carbons (Fsp3) is 0.600. The minimum Gasteiger partial charge on any atom is -0.315 e. The van der Waals surface area contributed by atoms with Crippen molar-refractivity contribution < 1.29 is 0 Å². The summed E-state index contributed by atoms with van der Waals surface area (Å²) < 4.78 is 0. The Balaban J connectivity index is 2.05. The summed E-state index contributed by atoms with van der Waals surface area (Å²) in [4.78, 5) is 2.41. The first-order valence-corrected chi connectivity index (χ1v) is 6.69. The molecule has 0 amide bonds. The topological polar surface area (TPSA) is 15.3 Å². The standard InChI is InChI=1S/C15H26N2/c1-4-14(2)17(3)13-12-16-11-10-15-8-6-5-7-9-15/h5-9,14,16H,4,10-13H2,1-3H3. The van der Waals surface area contributed by atoms with E-state index in [0.717, 1.165) is 26.1 Å². The van der Waals surface area contributed by atoms with Gasteiger partial charge in [0.1, 0.15) is 0 Å². The molecule has 0 heterocycles. The molecule has 1 unspecified atom stereocenters. The molecule has 0 spiro atoms. The highest BCUT2D eigenvalue weighted by Gasteiger charge is 2.04. The first-order valence-electron chi connectivity index (χ1n) is 6.69. The molecular weight excluding hydrogens is 208 g/mol. The van der Waals surface area contributed by atoms with Gasteiger partial charge in [-0.2, -0.15) is 0 Å². The van der Waals surface area contributed by atoms with Crippen LogP contribution < -0.4 is 5.32 Å². The summed E-state index contributed by atoms with van der Waals surface area (Å²) in [6.45, 7) is 7.80. The Morgan fingerprint density at radius 1 is 1.18 bits per heavy atom. The van der Waals surface area contributed by atoms with Crippen LogP contribution in [0.5, 0.6) is 0 Å². The quantitative estimate of drug-likeness (QED) is 0.695. The third-order valence-electron chi connectivity index (χ3n) is 3.42. The molecule has 0 saturated heterocycles. The summed E-state index contributed by atoms with van der Waals surface area (Å²) in [7, 11) is 2.20. The van der Waals surface area contributed by atoms with Crippen molar-refractivity contribution in [2.75, 3.05) is 26.7 Å². The number of hydrogen-bond acceptors (Lipinski definition) is 2. The van der Waals surface area contributed by atoms with E-state index in [0.29, 0.717) is 6.04 Å². The van der Waals surface area contributed by atoms with Gasteiger partial charge in [-0.15, -0.1) is 0 Å². The van der Waals surface area contributed by atoms with Crippen molar-refractivity contribution in [1.29, 1.82) is 0 Å². The van der Waals surface area contributed by atoms with E-state index in [1.54, 1.807) is 0 Å². The van der Waals surface area contributed by atoms with Crippen molar-refractivity contribution in [3.8, 4) is 0 Å². The van der Waals surface area contributed by atoms with Crippen LogP contribution in [0.4, 0.5) is 0 Å². The molecule has 2 heteroatoms. The van der Waals surface area contributed by atoms with Gasteiger partial charge in [0.25, 0.3) is 0 Å². The van der Waals surface area contributed by atoms with E-state index in [2.05, 4.69) is 61.4 Å². The Morgan fingerprint density at radius 2 is 1.88 bits per heavy atom. The summed E-state index contributed by atoms with van der Waals surface area (Å²) in [5, 5.41) is 3.50. The van der Waals surface area contributed by atoms with Crippen LogP contribution in [0.1, 0.15) is 25.8 Å². The fourth-order valence-electron chi connectivity index (χ4n) is 1.79. The van der Waals surface area contributed by atoms with Gasteiger partial charge in [0.15, 0.2) is 0 Å².